The topological polar surface area (TPSA) is 88.5 Å². The molecule has 0 unspecified atom stereocenters. The fourth-order valence-corrected chi connectivity index (χ4v) is 3.73. The van der Waals surface area contributed by atoms with Crippen molar-refractivity contribution in [3.05, 3.63) is 125 Å². The van der Waals surface area contributed by atoms with Gasteiger partial charge in [-0.3, -0.25) is 4.79 Å². The maximum atomic E-state index is 12.5. The lowest BCUT2D eigenvalue weighted by Crippen LogP contribution is -2.41. The van der Waals surface area contributed by atoms with Gasteiger partial charge in [-0.25, -0.2) is 9.78 Å². The Kier molecular flexibility index (Phi) is 8.68. The summed E-state index contributed by atoms with van der Waals surface area (Å²) in [4.78, 5) is 28.8. The molecule has 3 aromatic carbocycles. The van der Waals surface area contributed by atoms with Gasteiger partial charge in [-0.1, -0.05) is 72.3 Å². The largest absolute Gasteiger partial charge is 0.489 e. The number of benzene rings is 3. The van der Waals surface area contributed by atoms with Crippen LogP contribution >= 0.6 is 11.6 Å². The van der Waals surface area contributed by atoms with Gasteiger partial charge >= 0.3 is 5.97 Å². The summed E-state index contributed by atoms with van der Waals surface area (Å²) < 4.78 is 5.77. The second-order valence-electron chi connectivity index (χ2n) is 8.31. The Labute approximate surface area is 220 Å². The molecule has 0 aliphatic heterocycles. The van der Waals surface area contributed by atoms with Crippen LogP contribution < -0.4 is 10.1 Å². The van der Waals surface area contributed by atoms with E-state index in [0.29, 0.717) is 23.1 Å². The molecule has 6 nitrogen and oxygen atoms in total. The van der Waals surface area contributed by atoms with Crippen molar-refractivity contribution in [3.63, 3.8) is 0 Å². The van der Waals surface area contributed by atoms with Gasteiger partial charge in [-0.2, -0.15) is 0 Å². The third-order valence-corrected chi connectivity index (χ3v) is 5.79. The number of ether oxygens (including phenoxy) is 1. The van der Waals surface area contributed by atoms with Crippen LogP contribution in [0.4, 0.5) is 0 Å². The number of aliphatic carboxylic acids is 1. The maximum Gasteiger partial charge on any atom is 0.326 e. The fraction of sp³-hybridized carbons (Fsp3) is 0.100. The van der Waals surface area contributed by atoms with Gasteiger partial charge in [-0.15, -0.1) is 0 Å². The summed E-state index contributed by atoms with van der Waals surface area (Å²) >= 11 is 5.95. The lowest BCUT2D eigenvalue weighted by molar-refractivity contribution is -0.141. The Morgan fingerprint density at radius 1 is 0.892 bits per heavy atom. The number of aromatic nitrogens is 1. The molecule has 0 aliphatic rings. The molecule has 0 spiro atoms. The number of pyridine rings is 1. The van der Waals surface area contributed by atoms with Gasteiger partial charge in [-0.05, 0) is 53.6 Å². The van der Waals surface area contributed by atoms with Crippen molar-refractivity contribution in [2.24, 2.45) is 0 Å². The van der Waals surface area contributed by atoms with Crippen molar-refractivity contribution in [2.45, 2.75) is 19.1 Å². The average molecular weight is 513 g/mol. The van der Waals surface area contributed by atoms with Gasteiger partial charge in [0.15, 0.2) is 0 Å². The number of hydrogen-bond acceptors (Lipinski definition) is 4. The molecule has 4 rings (SSSR count). The van der Waals surface area contributed by atoms with Crippen molar-refractivity contribution < 1.29 is 19.4 Å². The lowest BCUT2D eigenvalue weighted by Gasteiger charge is -2.14. The summed E-state index contributed by atoms with van der Waals surface area (Å²) in [6, 6.07) is 28.7. The van der Waals surface area contributed by atoms with Crippen molar-refractivity contribution >= 4 is 29.6 Å². The van der Waals surface area contributed by atoms with Crippen LogP contribution in [0.1, 0.15) is 16.8 Å². The van der Waals surface area contributed by atoms with E-state index in [1.807, 2.05) is 54.6 Å². The Hall–Kier alpha value is -4.42. The highest BCUT2D eigenvalue weighted by Gasteiger charge is 2.19. The first-order valence-corrected chi connectivity index (χ1v) is 12.0. The number of carboxylic acid groups (broad SMARTS) is 1. The molecule has 1 atom stereocenters. The monoisotopic (exact) mass is 512 g/mol. The number of hydrogen-bond donors (Lipinski definition) is 2. The zero-order valence-corrected chi connectivity index (χ0v) is 20.6. The number of rotatable bonds is 10. The summed E-state index contributed by atoms with van der Waals surface area (Å²) in [6.07, 6.45) is 2.97. The van der Waals surface area contributed by atoms with E-state index in [1.165, 1.54) is 6.08 Å². The first kappa shape index (κ1) is 25.7. The Bertz CT molecular complexity index is 1370. The average Bonchev–Trinajstić information content (AvgIpc) is 2.92. The number of carbonyl (C=O) groups excluding carboxylic acids is 1. The zero-order valence-electron chi connectivity index (χ0n) is 19.9. The fourth-order valence-electron chi connectivity index (χ4n) is 3.61. The van der Waals surface area contributed by atoms with Crippen LogP contribution in [0.15, 0.2) is 103 Å². The molecule has 2 N–H and O–H groups in total. The summed E-state index contributed by atoms with van der Waals surface area (Å²) in [5, 5.41) is 12.8. The van der Waals surface area contributed by atoms with E-state index >= 15 is 0 Å². The molecule has 4 aromatic rings. The number of amides is 1. The molecule has 1 heterocycles. The zero-order chi connectivity index (χ0) is 26.0. The maximum absolute atomic E-state index is 12.5. The van der Waals surface area contributed by atoms with Crippen molar-refractivity contribution in [1.29, 1.82) is 0 Å². The second-order valence-corrected chi connectivity index (χ2v) is 8.75. The van der Waals surface area contributed by atoms with Gasteiger partial charge in [0.25, 0.3) is 0 Å². The van der Waals surface area contributed by atoms with E-state index in [4.69, 9.17) is 16.3 Å². The van der Waals surface area contributed by atoms with Crippen LogP contribution in [-0.4, -0.2) is 28.0 Å². The van der Waals surface area contributed by atoms with Crippen molar-refractivity contribution in [3.8, 4) is 17.0 Å². The molecule has 0 saturated carbocycles. The molecule has 37 heavy (non-hydrogen) atoms. The van der Waals surface area contributed by atoms with Gasteiger partial charge in [0.05, 0.1) is 11.4 Å². The van der Waals surface area contributed by atoms with E-state index in [-0.39, 0.29) is 6.42 Å². The third kappa shape index (κ3) is 7.78. The van der Waals surface area contributed by atoms with Crippen molar-refractivity contribution in [1.82, 2.24) is 10.3 Å². The minimum Gasteiger partial charge on any atom is -0.489 e. The summed E-state index contributed by atoms with van der Waals surface area (Å²) in [5.74, 6) is -0.956. The number of nitrogens with zero attached hydrogens (tertiary/aromatic N) is 1. The first-order valence-electron chi connectivity index (χ1n) is 11.7. The minimum atomic E-state index is -1.12. The number of carbonyl (C=O) groups is 2. The van der Waals surface area contributed by atoms with Gasteiger partial charge in [0.2, 0.25) is 5.91 Å². The SMILES string of the molecule is O=C(C=Cc1cccc(-c2ccc(Cl)cc2)n1)N[C@@H](Cc1ccc(OCc2ccccc2)cc1)C(=O)O. The highest BCUT2D eigenvalue weighted by Crippen LogP contribution is 2.20. The predicted molar refractivity (Wildman–Crippen MR) is 144 cm³/mol. The van der Waals surface area contributed by atoms with Gasteiger partial charge in [0.1, 0.15) is 18.4 Å². The van der Waals surface area contributed by atoms with Crippen LogP contribution in [0.2, 0.25) is 5.02 Å². The normalized spacial score (nSPS) is 11.7. The third-order valence-electron chi connectivity index (χ3n) is 5.54. The smallest absolute Gasteiger partial charge is 0.326 e. The molecular weight excluding hydrogens is 488 g/mol. The molecular formula is C30H25ClN2O4. The highest BCUT2D eigenvalue weighted by molar-refractivity contribution is 6.30. The van der Waals surface area contributed by atoms with E-state index < -0.39 is 17.9 Å². The number of halogens is 1. The number of nitrogens with one attached hydrogen (secondary N) is 1. The van der Waals surface area contributed by atoms with E-state index in [1.54, 1.807) is 48.5 Å². The Morgan fingerprint density at radius 2 is 1.62 bits per heavy atom. The second kappa shape index (κ2) is 12.5. The van der Waals surface area contributed by atoms with E-state index in [2.05, 4.69) is 10.3 Å². The van der Waals surface area contributed by atoms with E-state index in [9.17, 15) is 14.7 Å². The summed E-state index contributed by atoms with van der Waals surface area (Å²) in [5.41, 5.74) is 4.02. The quantitative estimate of drug-likeness (QED) is 0.262. The van der Waals surface area contributed by atoms with E-state index in [0.717, 1.165) is 22.4 Å². The molecule has 0 radical (unpaired) electrons. The molecule has 1 aromatic heterocycles. The Morgan fingerprint density at radius 3 is 2.32 bits per heavy atom. The van der Waals surface area contributed by atoms with Crippen molar-refractivity contribution in [2.75, 3.05) is 0 Å². The number of carboxylic acids is 1. The molecule has 186 valence electrons. The minimum absolute atomic E-state index is 0.137. The van der Waals surface area contributed by atoms with Crippen LogP contribution in [0.3, 0.4) is 0 Å². The standard InChI is InChI=1S/C30H25ClN2O4/c31-24-13-11-23(12-14-24)27-8-4-7-25(32-27)15-18-29(34)33-28(30(35)36)19-21-9-16-26(17-10-21)37-20-22-5-2-1-3-6-22/h1-18,28H,19-20H2,(H,33,34)(H,35,36)/t28-/m0/s1. The lowest BCUT2D eigenvalue weighted by atomic mass is 10.1. The molecule has 0 fully saturated rings. The summed E-state index contributed by atoms with van der Waals surface area (Å²) in [7, 11) is 0. The first-order chi connectivity index (χ1) is 18.0. The van der Waals surface area contributed by atoms with Gasteiger partial charge < -0.3 is 15.2 Å². The van der Waals surface area contributed by atoms with Gasteiger partial charge in [0, 0.05) is 23.1 Å². The van der Waals surface area contributed by atoms with Crippen LogP contribution in [0, 0.1) is 0 Å². The van der Waals surface area contributed by atoms with Crippen LogP contribution in [-0.2, 0) is 22.6 Å². The van der Waals surface area contributed by atoms with Crippen LogP contribution in [0.5, 0.6) is 5.75 Å². The molecule has 0 bridgehead atoms. The molecule has 7 heteroatoms. The molecule has 1 amide bonds. The predicted octanol–water partition coefficient (Wildman–Crippen LogP) is 5.81. The van der Waals surface area contributed by atoms with Crippen LogP contribution in [0.25, 0.3) is 17.3 Å². The Balaban J connectivity index is 1.34. The summed E-state index contributed by atoms with van der Waals surface area (Å²) in [6.45, 7) is 0.442. The highest BCUT2D eigenvalue weighted by atomic mass is 35.5. The molecule has 0 aliphatic carbocycles. The molecule has 0 saturated heterocycles.